The Morgan fingerprint density at radius 3 is 2.70 bits per heavy atom. The molecular formula is C21H24N4OS. The van der Waals surface area contributed by atoms with E-state index >= 15 is 0 Å². The van der Waals surface area contributed by atoms with Gasteiger partial charge in [-0.05, 0) is 44.3 Å². The molecule has 0 fully saturated rings. The van der Waals surface area contributed by atoms with E-state index in [1.807, 2.05) is 62.9 Å². The van der Waals surface area contributed by atoms with Crippen LogP contribution in [-0.2, 0) is 6.54 Å². The lowest BCUT2D eigenvalue weighted by Crippen LogP contribution is -2.28. The number of nitrogens with one attached hydrogen (secondary N) is 1. The van der Waals surface area contributed by atoms with Crippen LogP contribution in [0.15, 0.2) is 54.2 Å². The topological polar surface area (TPSA) is 58.1 Å². The molecule has 3 rings (SSSR count). The molecular weight excluding hydrogens is 356 g/mol. The average molecular weight is 381 g/mol. The molecule has 1 N–H and O–H groups in total. The summed E-state index contributed by atoms with van der Waals surface area (Å²) in [5.41, 5.74) is 3.58. The standard InChI is InChI=1S/C21H24N4OS/c1-4-18(21-22-10-11-27-21)24-20(26)17-7-5-6-16(12-17)19-9-8-15(13-23-19)14-25(2)3/h5-13,18H,4,14H2,1-3H3,(H,24,26). The summed E-state index contributed by atoms with van der Waals surface area (Å²) in [6.07, 6.45) is 4.45. The molecule has 1 amide bonds. The molecule has 0 saturated heterocycles. The molecule has 2 aromatic heterocycles. The van der Waals surface area contributed by atoms with Gasteiger partial charge in [-0.2, -0.15) is 0 Å². The van der Waals surface area contributed by atoms with Crippen LogP contribution >= 0.6 is 11.3 Å². The van der Waals surface area contributed by atoms with Crippen LogP contribution in [0.4, 0.5) is 0 Å². The van der Waals surface area contributed by atoms with Crippen molar-refractivity contribution in [1.29, 1.82) is 0 Å². The highest BCUT2D eigenvalue weighted by Gasteiger charge is 2.16. The second kappa shape index (κ2) is 8.88. The largest absolute Gasteiger partial charge is 0.343 e. The highest BCUT2D eigenvalue weighted by Crippen LogP contribution is 2.22. The fraction of sp³-hybridized carbons (Fsp3) is 0.286. The molecule has 1 atom stereocenters. The van der Waals surface area contributed by atoms with Gasteiger partial charge in [0.25, 0.3) is 5.91 Å². The number of hydrogen-bond acceptors (Lipinski definition) is 5. The summed E-state index contributed by atoms with van der Waals surface area (Å²) in [5.74, 6) is -0.0943. The lowest BCUT2D eigenvalue weighted by atomic mass is 10.1. The van der Waals surface area contributed by atoms with E-state index in [0.29, 0.717) is 5.56 Å². The monoisotopic (exact) mass is 380 g/mol. The van der Waals surface area contributed by atoms with Gasteiger partial charge in [-0.3, -0.25) is 9.78 Å². The van der Waals surface area contributed by atoms with Gasteiger partial charge in [-0.1, -0.05) is 25.1 Å². The van der Waals surface area contributed by atoms with E-state index in [2.05, 4.69) is 26.3 Å². The summed E-state index contributed by atoms with van der Waals surface area (Å²) in [7, 11) is 4.07. The average Bonchev–Trinajstić information content (AvgIpc) is 3.21. The molecule has 27 heavy (non-hydrogen) atoms. The van der Waals surface area contributed by atoms with Crippen molar-refractivity contribution in [2.45, 2.75) is 25.9 Å². The van der Waals surface area contributed by atoms with Gasteiger partial charge in [0.2, 0.25) is 0 Å². The van der Waals surface area contributed by atoms with Crippen molar-refractivity contribution in [2.75, 3.05) is 14.1 Å². The summed E-state index contributed by atoms with van der Waals surface area (Å²) in [6, 6.07) is 11.6. The molecule has 3 aromatic rings. The molecule has 0 saturated carbocycles. The van der Waals surface area contributed by atoms with Crippen LogP contribution < -0.4 is 5.32 Å². The van der Waals surface area contributed by atoms with Crippen molar-refractivity contribution in [3.63, 3.8) is 0 Å². The maximum atomic E-state index is 12.7. The number of thiazole rings is 1. The van der Waals surface area contributed by atoms with Gasteiger partial charge in [0.05, 0.1) is 11.7 Å². The summed E-state index contributed by atoms with van der Waals surface area (Å²) in [6.45, 7) is 2.90. The molecule has 0 aliphatic rings. The summed E-state index contributed by atoms with van der Waals surface area (Å²) in [4.78, 5) is 23.7. The molecule has 2 heterocycles. The number of nitrogens with zero attached hydrogens (tertiary/aromatic N) is 3. The van der Waals surface area contributed by atoms with E-state index in [9.17, 15) is 4.79 Å². The minimum Gasteiger partial charge on any atom is -0.343 e. The van der Waals surface area contributed by atoms with Crippen LogP contribution in [0.5, 0.6) is 0 Å². The Kier molecular flexibility index (Phi) is 6.32. The molecule has 0 aliphatic heterocycles. The molecule has 140 valence electrons. The fourth-order valence-electron chi connectivity index (χ4n) is 2.86. The van der Waals surface area contributed by atoms with Crippen molar-refractivity contribution in [3.05, 3.63) is 70.3 Å². The number of amides is 1. The smallest absolute Gasteiger partial charge is 0.251 e. The number of benzene rings is 1. The Balaban J connectivity index is 1.75. The lowest BCUT2D eigenvalue weighted by molar-refractivity contribution is 0.0935. The Morgan fingerprint density at radius 1 is 1.22 bits per heavy atom. The van der Waals surface area contributed by atoms with Gasteiger partial charge in [0, 0.05) is 35.4 Å². The minimum atomic E-state index is -0.0943. The first kappa shape index (κ1) is 19.2. The number of aromatic nitrogens is 2. The van der Waals surface area contributed by atoms with Gasteiger partial charge >= 0.3 is 0 Å². The van der Waals surface area contributed by atoms with Gasteiger partial charge in [-0.25, -0.2) is 4.98 Å². The zero-order valence-electron chi connectivity index (χ0n) is 15.8. The maximum Gasteiger partial charge on any atom is 0.251 e. The third-order valence-electron chi connectivity index (χ3n) is 4.21. The zero-order valence-corrected chi connectivity index (χ0v) is 16.7. The quantitative estimate of drug-likeness (QED) is 0.669. The Morgan fingerprint density at radius 2 is 2.07 bits per heavy atom. The fourth-order valence-corrected chi connectivity index (χ4v) is 3.63. The first-order chi connectivity index (χ1) is 13.1. The van der Waals surface area contributed by atoms with E-state index in [1.165, 1.54) is 0 Å². The van der Waals surface area contributed by atoms with Crippen molar-refractivity contribution in [3.8, 4) is 11.3 Å². The van der Waals surface area contributed by atoms with Crippen LogP contribution in [0.3, 0.4) is 0 Å². The van der Waals surface area contributed by atoms with Crippen LogP contribution in [0.1, 0.15) is 40.3 Å². The molecule has 6 heteroatoms. The van der Waals surface area contributed by atoms with Gasteiger partial charge in [0.1, 0.15) is 5.01 Å². The number of carbonyl (C=O) groups is 1. The molecule has 0 spiro atoms. The third-order valence-corrected chi connectivity index (χ3v) is 5.10. The van der Waals surface area contributed by atoms with E-state index in [4.69, 9.17) is 0 Å². The first-order valence-electron chi connectivity index (χ1n) is 8.97. The maximum absolute atomic E-state index is 12.7. The van der Waals surface area contributed by atoms with Crippen LogP contribution in [0, 0.1) is 0 Å². The second-order valence-electron chi connectivity index (χ2n) is 6.67. The van der Waals surface area contributed by atoms with Crippen molar-refractivity contribution < 1.29 is 4.79 Å². The lowest BCUT2D eigenvalue weighted by Gasteiger charge is -2.15. The SMILES string of the molecule is CCC(NC(=O)c1cccc(-c2ccc(CN(C)C)cn2)c1)c1nccs1. The Bertz CT molecular complexity index is 875. The molecule has 0 radical (unpaired) electrons. The number of rotatable bonds is 7. The molecule has 5 nitrogen and oxygen atoms in total. The molecule has 0 aliphatic carbocycles. The predicted octanol–water partition coefficient (Wildman–Crippen LogP) is 4.15. The summed E-state index contributed by atoms with van der Waals surface area (Å²) in [5, 5.41) is 5.94. The van der Waals surface area contributed by atoms with Crippen molar-refractivity contribution >= 4 is 17.2 Å². The van der Waals surface area contributed by atoms with Crippen LogP contribution in [-0.4, -0.2) is 34.9 Å². The number of hydrogen-bond donors (Lipinski definition) is 1. The normalized spacial score (nSPS) is 12.1. The van der Waals surface area contributed by atoms with E-state index in [1.54, 1.807) is 17.5 Å². The molecule has 0 bridgehead atoms. The van der Waals surface area contributed by atoms with E-state index in [-0.39, 0.29) is 11.9 Å². The number of pyridine rings is 1. The first-order valence-corrected chi connectivity index (χ1v) is 9.85. The minimum absolute atomic E-state index is 0.0652. The van der Waals surface area contributed by atoms with Crippen LogP contribution in [0.2, 0.25) is 0 Å². The van der Waals surface area contributed by atoms with Crippen LogP contribution in [0.25, 0.3) is 11.3 Å². The van der Waals surface area contributed by atoms with E-state index in [0.717, 1.165) is 34.8 Å². The highest BCUT2D eigenvalue weighted by atomic mass is 32.1. The molecule has 1 unspecified atom stereocenters. The molecule has 1 aromatic carbocycles. The van der Waals surface area contributed by atoms with Gasteiger partial charge in [-0.15, -0.1) is 11.3 Å². The van der Waals surface area contributed by atoms with Gasteiger partial charge < -0.3 is 10.2 Å². The summed E-state index contributed by atoms with van der Waals surface area (Å²) >= 11 is 1.56. The van der Waals surface area contributed by atoms with E-state index < -0.39 is 0 Å². The number of carbonyl (C=O) groups excluding carboxylic acids is 1. The van der Waals surface area contributed by atoms with Crippen molar-refractivity contribution in [1.82, 2.24) is 20.2 Å². The second-order valence-corrected chi connectivity index (χ2v) is 7.60. The van der Waals surface area contributed by atoms with Gasteiger partial charge in [0.15, 0.2) is 0 Å². The highest BCUT2D eigenvalue weighted by molar-refractivity contribution is 7.09. The predicted molar refractivity (Wildman–Crippen MR) is 110 cm³/mol. The summed E-state index contributed by atoms with van der Waals surface area (Å²) < 4.78 is 0. The van der Waals surface area contributed by atoms with Crippen molar-refractivity contribution in [2.24, 2.45) is 0 Å². The zero-order chi connectivity index (χ0) is 19.2. The third kappa shape index (κ3) is 4.99. The Labute approximate surface area is 164 Å². The Hall–Kier alpha value is -2.57.